The summed E-state index contributed by atoms with van der Waals surface area (Å²) < 4.78 is 21.7. The fraction of sp³-hybridized carbons (Fsp3) is 0.455. The quantitative estimate of drug-likeness (QED) is 0.246. The van der Waals surface area contributed by atoms with Gasteiger partial charge in [0.2, 0.25) is 0 Å². The van der Waals surface area contributed by atoms with Crippen LogP contribution in [0.1, 0.15) is 44.0 Å². The van der Waals surface area contributed by atoms with Gasteiger partial charge in [-0.05, 0) is 25.0 Å². The molecule has 1 aliphatic rings. The molecule has 0 saturated carbocycles. The number of hydrogen-bond acceptors (Lipinski definition) is 6. The largest absolute Gasteiger partial charge is 0.463 e. The zero-order valence-electron chi connectivity index (χ0n) is 16.1. The molecule has 1 fully saturated rings. The Bertz CT molecular complexity index is 643. The summed E-state index contributed by atoms with van der Waals surface area (Å²) in [7, 11) is 0. The van der Waals surface area contributed by atoms with Crippen molar-refractivity contribution < 1.29 is 28.5 Å². The van der Waals surface area contributed by atoms with E-state index >= 15 is 0 Å². The van der Waals surface area contributed by atoms with E-state index in [9.17, 15) is 9.59 Å². The highest BCUT2D eigenvalue weighted by Gasteiger charge is 2.23. The first-order chi connectivity index (χ1) is 13.6. The lowest BCUT2D eigenvalue weighted by atomic mass is 10.0. The van der Waals surface area contributed by atoms with Gasteiger partial charge < -0.3 is 18.9 Å². The van der Waals surface area contributed by atoms with Crippen molar-refractivity contribution in [2.45, 2.75) is 38.4 Å². The topological polar surface area (TPSA) is 71.1 Å². The Kier molecular flexibility index (Phi) is 9.45. The number of rotatable bonds is 11. The highest BCUT2D eigenvalue weighted by Crippen LogP contribution is 2.28. The Hall–Kier alpha value is -2.44. The van der Waals surface area contributed by atoms with E-state index in [1.165, 1.54) is 6.08 Å². The molecule has 28 heavy (non-hydrogen) atoms. The fourth-order valence-corrected chi connectivity index (χ4v) is 2.87. The smallest absolute Gasteiger partial charge is 0.335 e. The number of carbonyl (C=O) groups excluding carboxylic acids is 2. The van der Waals surface area contributed by atoms with Gasteiger partial charge in [0.05, 0.1) is 19.8 Å². The summed E-state index contributed by atoms with van der Waals surface area (Å²) in [6.07, 6.45) is 7.07. The summed E-state index contributed by atoms with van der Waals surface area (Å²) in [5.74, 6) is 0.00118. The molecule has 1 aliphatic heterocycles. The summed E-state index contributed by atoms with van der Waals surface area (Å²) in [6.45, 7) is 8.51. The second-order valence-corrected chi connectivity index (χ2v) is 6.63. The van der Waals surface area contributed by atoms with Crippen LogP contribution < -0.4 is 4.74 Å². The molecule has 1 saturated heterocycles. The van der Waals surface area contributed by atoms with Gasteiger partial charge in [-0.25, -0.2) is 9.59 Å². The SMILES string of the molecule is C=CC(=O)OCCCCCCC1COC(c2ccc(OC(=O)C=C)cc2)OC1. The van der Waals surface area contributed by atoms with Gasteiger partial charge in [-0.3, -0.25) is 0 Å². The molecule has 6 nitrogen and oxygen atoms in total. The minimum Gasteiger partial charge on any atom is -0.463 e. The first-order valence-electron chi connectivity index (χ1n) is 9.59. The van der Waals surface area contributed by atoms with Crippen LogP contribution in [0.4, 0.5) is 0 Å². The number of benzene rings is 1. The Balaban J connectivity index is 1.59. The molecule has 0 radical (unpaired) electrons. The molecule has 0 aliphatic carbocycles. The molecule has 0 N–H and O–H groups in total. The van der Waals surface area contributed by atoms with E-state index in [2.05, 4.69) is 13.2 Å². The lowest BCUT2D eigenvalue weighted by Gasteiger charge is -2.29. The predicted molar refractivity (Wildman–Crippen MR) is 105 cm³/mol. The zero-order valence-corrected chi connectivity index (χ0v) is 16.1. The molecule has 0 bridgehead atoms. The second kappa shape index (κ2) is 12.1. The highest BCUT2D eigenvalue weighted by molar-refractivity contribution is 5.83. The molecule has 0 amide bonds. The summed E-state index contributed by atoms with van der Waals surface area (Å²) in [5, 5.41) is 0. The third-order valence-corrected chi connectivity index (χ3v) is 4.42. The van der Waals surface area contributed by atoms with Crippen molar-refractivity contribution in [1.82, 2.24) is 0 Å². The lowest BCUT2D eigenvalue weighted by molar-refractivity contribution is -0.206. The van der Waals surface area contributed by atoms with E-state index in [4.69, 9.17) is 18.9 Å². The Morgan fingerprint density at radius 2 is 1.61 bits per heavy atom. The van der Waals surface area contributed by atoms with E-state index in [1.807, 2.05) is 12.1 Å². The van der Waals surface area contributed by atoms with E-state index in [0.717, 1.165) is 43.7 Å². The Morgan fingerprint density at radius 3 is 2.25 bits per heavy atom. The number of unbranched alkanes of at least 4 members (excludes halogenated alkanes) is 3. The summed E-state index contributed by atoms with van der Waals surface area (Å²) >= 11 is 0. The van der Waals surface area contributed by atoms with Crippen molar-refractivity contribution in [2.24, 2.45) is 5.92 Å². The summed E-state index contributed by atoms with van der Waals surface area (Å²) in [6, 6.07) is 7.08. The molecule has 1 aromatic carbocycles. The first kappa shape index (κ1) is 21.9. The number of carbonyl (C=O) groups is 2. The van der Waals surface area contributed by atoms with Crippen LogP contribution in [0.15, 0.2) is 49.6 Å². The highest BCUT2D eigenvalue weighted by atomic mass is 16.7. The van der Waals surface area contributed by atoms with Crippen molar-refractivity contribution >= 4 is 11.9 Å². The maximum atomic E-state index is 11.2. The normalized spacial score (nSPS) is 18.9. The minimum absolute atomic E-state index is 0.363. The predicted octanol–water partition coefficient (Wildman–Crippen LogP) is 4.12. The fourth-order valence-electron chi connectivity index (χ4n) is 2.87. The van der Waals surface area contributed by atoms with Gasteiger partial charge in [0.25, 0.3) is 0 Å². The molecule has 2 rings (SSSR count). The third kappa shape index (κ3) is 7.66. The monoisotopic (exact) mass is 388 g/mol. The van der Waals surface area contributed by atoms with Crippen molar-refractivity contribution in [3.8, 4) is 5.75 Å². The van der Waals surface area contributed by atoms with Gasteiger partial charge in [0, 0.05) is 23.6 Å². The maximum absolute atomic E-state index is 11.2. The van der Waals surface area contributed by atoms with Crippen LogP contribution in [0.5, 0.6) is 5.75 Å². The van der Waals surface area contributed by atoms with Crippen molar-refractivity contribution in [1.29, 1.82) is 0 Å². The molecule has 0 unspecified atom stereocenters. The van der Waals surface area contributed by atoms with Crippen LogP contribution in [-0.4, -0.2) is 31.8 Å². The standard InChI is InChI=1S/C22H28O6/c1-3-20(23)25-14-8-6-5-7-9-17-15-26-22(27-16-17)18-10-12-19(13-11-18)28-21(24)4-2/h3-4,10-13,17,22H,1-2,5-9,14-16H2. The van der Waals surface area contributed by atoms with Crippen LogP contribution in [0.2, 0.25) is 0 Å². The third-order valence-electron chi connectivity index (χ3n) is 4.42. The van der Waals surface area contributed by atoms with Crippen molar-refractivity contribution in [2.75, 3.05) is 19.8 Å². The van der Waals surface area contributed by atoms with Crippen molar-refractivity contribution in [3.63, 3.8) is 0 Å². The average molecular weight is 388 g/mol. The Morgan fingerprint density at radius 1 is 0.964 bits per heavy atom. The molecular formula is C22H28O6. The molecule has 1 heterocycles. The van der Waals surface area contributed by atoms with Crippen LogP contribution in [0.25, 0.3) is 0 Å². The first-order valence-corrected chi connectivity index (χ1v) is 9.59. The lowest BCUT2D eigenvalue weighted by Crippen LogP contribution is -2.27. The minimum atomic E-state index is -0.487. The van der Waals surface area contributed by atoms with Crippen LogP contribution >= 0.6 is 0 Å². The molecule has 6 heteroatoms. The summed E-state index contributed by atoms with van der Waals surface area (Å²) in [4.78, 5) is 22.1. The molecule has 152 valence electrons. The van der Waals surface area contributed by atoms with Gasteiger partial charge in [-0.1, -0.05) is 44.6 Å². The Labute approximate surface area is 166 Å². The molecular weight excluding hydrogens is 360 g/mol. The van der Waals surface area contributed by atoms with Gasteiger partial charge in [-0.15, -0.1) is 0 Å². The van der Waals surface area contributed by atoms with E-state index in [-0.39, 0.29) is 12.3 Å². The average Bonchev–Trinajstić information content (AvgIpc) is 2.73. The number of hydrogen-bond donors (Lipinski definition) is 0. The summed E-state index contributed by atoms with van der Waals surface area (Å²) in [5.41, 5.74) is 0.894. The number of esters is 2. The number of ether oxygens (including phenoxy) is 4. The van der Waals surface area contributed by atoms with E-state index in [0.29, 0.717) is 31.5 Å². The molecule has 0 spiro atoms. The second-order valence-electron chi connectivity index (χ2n) is 6.63. The van der Waals surface area contributed by atoms with E-state index < -0.39 is 5.97 Å². The van der Waals surface area contributed by atoms with Crippen LogP contribution in [0.3, 0.4) is 0 Å². The van der Waals surface area contributed by atoms with Crippen LogP contribution in [-0.2, 0) is 23.8 Å². The zero-order chi connectivity index (χ0) is 20.2. The maximum Gasteiger partial charge on any atom is 0.335 e. The molecule has 0 atom stereocenters. The van der Waals surface area contributed by atoms with Gasteiger partial charge in [-0.2, -0.15) is 0 Å². The van der Waals surface area contributed by atoms with Gasteiger partial charge in [0.1, 0.15) is 5.75 Å². The van der Waals surface area contributed by atoms with Crippen molar-refractivity contribution in [3.05, 3.63) is 55.1 Å². The van der Waals surface area contributed by atoms with Crippen LogP contribution in [0, 0.1) is 5.92 Å². The van der Waals surface area contributed by atoms with E-state index in [1.54, 1.807) is 12.1 Å². The molecule has 0 aromatic heterocycles. The van der Waals surface area contributed by atoms with Gasteiger partial charge in [0.15, 0.2) is 6.29 Å². The molecule has 1 aromatic rings. The van der Waals surface area contributed by atoms with Gasteiger partial charge >= 0.3 is 11.9 Å².